The molecule has 0 aliphatic carbocycles. The SMILES string of the molecule is C[C@@H](N)c1ccc(CCl)cc1. The molecule has 0 aromatic heterocycles. The van der Waals surface area contributed by atoms with Crippen molar-refractivity contribution in [3.05, 3.63) is 35.4 Å². The highest BCUT2D eigenvalue weighted by Gasteiger charge is 1.97. The van der Waals surface area contributed by atoms with Crippen LogP contribution >= 0.6 is 11.6 Å². The molecule has 0 aliphatic heterocycles. The standard InChI is InChI=1S/C9H12ClN/c1-7(11)9-4-2-8(6-10)3-5-9/h2-5,7H,6,11H2,1H3/t7-/m1/s1. The van der Waals surface area contributed by atoms with E-state index in [1.165, 1.54) is 0 Å². The van der Waals surface area contributed by atoms with Crippen molar-refractivity contribution in [2.75, 3.05) is 0 Å². The predicted molar refractivity (Wildman–Crippen MR) is 48.6 cm³/mol. The van der Waals surface area contributed by atoms with Crippen LogP contribution in [0.4, 0.5) is 0 Å². The van der Waals surface area contributed by atoms with Crippen LogP contribution in [-0.2, 0) is 5.88 Å². The van der Waals surface area contributed by atoms with E-state index < -0.39 is 0 Å². The lowest BCUT2D eigenvalue weighted by Gasteiger charge is -2.04. The molecular formula is C9H12ClN. The number of alkyl halides is 1. The van der Waals surface area contributed by atoms with Gasteiger partial charge in [0.05, 0.1) is 0 Å². The van der Waals surface area contributed by atoms with Crippen molar-refractivity contribution in [2.45, 2.75) is 18.8 Å². The maximum Gasteiger partial charge on any atom is 0.0474 e. The molecule has 0 radical (unpaired) electrons. The van der Waals surface area contributed by atoms with Crippen molar-refractivity contribution in [1.82, 2.24) is 0 Å². The Bertz CT molecular complexity index is 216. The molecule has 1 nitrogen and oxygen atoms in total. The highest BCUT2D eigenvalue weighted by molar-refractivity contribution is 6.17. The molecule has 1 aromatic rings. The molecule has 1 rings (SSSR count). The number of halogens is 1. The predicted octanol–water partition coefficient (Wildman–Crippen LogP) is 2.45. The maximum atomic E-state index is 5.67. The van der Waals surface area contributed by atoms with E-state index in [9.17, 15) is 0 Å². The quantitative estimate of drug-likeness (QED) is 0.677. The normalized spacial score (nSPS) is 13.0. The van der Waals surface area contributed by atoms with Gasteiger partial charge in [0.1, 0.15) is 0 Å². The first-order valence-corrected chi connectivity index (χ1v) is 4.18. The van der Waals surface area contributed by atoms with Crippen LogP contribution in [0.5, 0.6) is 0 Å². The first-order valence-electron chi connectivity index (χ1n) is 3.64. The molecule has 1 atom stereocenters. The van der Waals surface area contributed by atoms with Crippen LogP contribution in [0.2, 0.25) is 0 Å². The van der Waals surface area contributed by atoms with E-state index in [4.69, 9.17) is 17.3 Å². The Morgan fingerprint density at radius 1 is 1.36 bits per heavy atom. The number of hydrogen-bond acceptors (Lipinski definition) is 1. The van der Waals surface area contributed by atoms with Crippen molar-refractivity contribution in [3.8, 4) is 0 Å². The van der Waals surface area contributed by atoms with Crippen LogP contribution in [0.25, 0.3) is 0 Å². The van der Waals surface area contributed by atoms with Crippen LogP contribution in [0.15, 0.2) is 24.3 Å². The Morgan fingerprint density at radius 3 is 2.27 bits per heavy atom. The van der Waals surface area contributed by atoms with E-state index in [1.807, 2.05) is 31.2 Å². The lowest BCUT2D eigenvalue weighted by Crippen LogP contribution is -2.04. The lowest BCUT2D eigenvalue weighted by molar-refractivity contribution is 0.817. The molecule has 1 aromatic carbocycles. The second kappa shape index (κ2) is 3.74. The van der Waals surface area contributed by atoms with E-state index in [2.05, 4.69) is 0 Å². The molecular weight excluding hydrogens is 158 g/mol. The zero-order valence-electron chi connectivity index (χ0n) is 6.55. The number of hydrogen-bond donors (Lipinski definition) is 1. The summed E-state index contributed by atoms with van der Waals surface area (Å²) in [7, 11) is 0. The molecule has 0 unspecified atom stereocenters. The third-order valence-electron chi connectivity index (χ3n) is 1.66. The summed E-state index contributed by atoms with van der Waals surface area (Å²) in [4.78, 5) is 0. The topological polar surface area (TPSA) is 26.0 Å². The van der Waals surface area contributed by atoms with E-state index in [0.717, 1.165) is 11.1 Å². The Hall–Kier alpha value is -0.530. The van der Waals surface area contributed by atoms with Gasteiger partial charge in [-0.05, 0) is 18.1 Å². The molecule has 0 heterocycles. The summed E-state index contributed by atoms with van der Waals surface area (Å²) in [6, 6.07) is 8.15. The summed E-state index contributed by atoms with van der Waals surface area (Å²) >= 11 is 5.63. The van der Waals surface area contributed by atoms with Gasteiger partial charge in [-0.25, -0.2) is 0 Å². The number of rotatable bonds is 2. The smallest absolute Gasteiger partial charge is 0.0474 e. The molecule has 0 spiro atoms. The average Bonchev–Trinajstić information content (AvgIpc) is 2.05. The van der Waals surface area contributed by atoms with Gasteiger partial charge in [0.25, 0.3) is 0 Å². The van der Waals surface area contributed by atoms with Crippen molar-refractivity contribution in [3.63, 3.8) is 0 Å². The summed E-state index contributed by atoms with van der Waals surface area (Å²) in [5.74, 6) is 0.569. The fourth-order valence-corrected chi connectivity index (χ4v) is 1.09. The Kier molecular flexibility index (Phi) is 2.92. The van der Waals surface area contributed by atoms with Gasteiger partial charge in [0.2, 0.25) is 0 Å². The minimum absolute atomic E-state index is 0.111. The largest absolute Gasteiger partial charge is 0.324 e. The van der Waals surface area contributed by atoms with E-state index in [1.54, 1.807) is 0 Å². The highest BCUT2D eigenvalue weighted by Crippen LogP contribution is 2.11. The third kappa shape index (κ3) is 2.21. The summed E-state index contributed by atoms with van der Waals surface area (Å²) in [6.45, 7) is 1.97. The van der Waals surface area contributed by atoms with Gasteiger partial charge in [-0.3, -0.25) is 0 Å². The highest BCUT2D eigenvalue weighted by atomic mass is 35.5. The van der Waals surface area contributed by atoms with E-state index in [-0.39, 0.29) is 6.04 Å². The van der Waals surface area contributed by atoms with Gasteiger partial charge < -0.3 is 5.73 Å². The van der Waals surface area contributed by atoms with Crippen LogP contribution < -0.4 is 5.73 Å². The van der Waals surface area contributed by atoms with Crippen molar-refractivity contribution >= 4 is 11.6 Å². The van der Waals surface area contributed by atoms with Crippen molar-refractivity contribution < 1.29 is 0 Å². The lowest BCUT2D eigenvalue weighted by atomic mass is 10.1. The minimum atomic E-state index is 0.111. The van der Waals surface area contributed by atoms with Gasteiger partial charge in [0, 0.05) is 11.9 Å². The van der Waals surface area contributed by atoms with E-state index >= 15 is 0 Å². The molecule has 0 saturated heterocycles. The van der Waals surface area contributed by atoms with Crippen LogP contribution in [0.3, 0.4) is 0 Å². The van der Waals surface area contributed by atoms with Crippen LogP contribution in [0.1, 0.15) is 24.1 Å². The molecule has 0 fully saturated rings. The van der Waals surface area contributed by atoms with Gasteiger partial charge in [-0.1, -0.05) is 24.3 Å². The third-order valence-corrected chi connectivity index (χ3v) is 1.97. The average molecular weight is 170 g/mol. The Labute approximate surface area is 72.2 Å². The molecule has 0 bridgehead atoms. The second-order valence-electron chi connectivity index (χ2n) is 2.66. The van der Waals surface area contributed by atoms with Gasteiger partial charge in [0.15, 0.2) is 0 Å². The fourth-order valence-electron chi connectivity index (χ4n) is 0.910. The van der Waals surface area contributed by atoms with Gasteiger partial charge in [-0.15, -0.1) is 11.6 Å². The molecule has 2 N–H and O–H groups in total. The number of benzene rings is 1. The summed E-state index contributed by atoms with van der Waals surface area (Å²) in [5, 5.41) is 0. The van der Waals surface area contributed by atoms with Crippen molar-refractivity contribution in [2.24, 2.45) is 5.73 Å². The van der Waals surface area contributed by atoms with Crippen molar-refractivity contribution in [1.29, 1.82) is 0 Å². The van der Waals surface area contributed by atoms with Gasteiger partial charge in [-0.2, -0.15) is 0 Å². The molecule has 2 heteroatoms. The summed E-state index contributed by atoms with van der Waals surface area (Å²) in [5.41, 5.74) is 7.96. The first-order chi connectivity index (χ1) is 5.24. The fraction of sp³-hybridized carbons (Fsp3) is 0.333. The summed E-state index contributed by atoms with van der Waals surface area (Å²) in [6.07, 6.45) is 0. The first kappa shape index (κ1) is 8.57. The zero-order chi connectivity index (χ0) is 8.27. The van der Waals surface area contributed by atoms with Crippen LogP contribution in [-0.4, -0.2) is 0 Å². The minimum Gasteiger partial charge on any atom is -0.324 e. The maximum absolute atomic E-state index is 5.67. The summed E-state index contributed by atoms with van der Waals surface area (Å²) < 4.78 is 0. The monoisotopic (exact) mass is 169 g/mol. The second-order valence-corrected chi connectivity index (χ2v) is 2.93. The van der Waals surface area contributed by atoms with Gasteiger partial charge >= 0.3 is 0 Å². The molecule has 0 aliphatic rings. The van der Waals surface area contributed by atoms with E-state index in [0.29, 0.717) is 5.88 Å². The Morgan fingerprint density at radius 2 is 1.91 bits per heavy atom. The molecule has 0 amide bonds. The zero-order valence-corrected chi connectivity index (χ0v) is 7.31. The van der Waals surface area contributed by atoms with Crippen LogP contribution in [0, 0.1) is 0 Å². The Balaban J connectivity index is 2.83. The molecule has 11 heavy (non-hydrogen) atoms. The number of nitrogens with two attached hydrogens (primary N) is 1. The molecule has 0 saturated carbocycles. The molecule has 60 valence electrons.